The Labute approximate surface area is 216 Å². The molecule has 3 aromatic rings. The second kappa shape index (κ2) is 11.8. The van der Waals surface area contributed by atoms with Crippen LogP contribution in [-0.2, 0) is 23.0 Å². The zero-order valence-electron chi connectivity index (χ0n) is 20.9. The van der Waals surface area contributed by atoms with Crippen LogP contribution < -0.4 is 15.4 Å². The van der Waals surface area contributed by atoms with Crippen molar-refractivity contribution in [3.63, 3.8) is 0 Å². The van der Waals surface area contributed by atoms with E-state index in [4.69, 9.17) is 4.74 Å². The fraction of sp³-hybridized carbons (Fsp3) is 0.385. The molecule has 1 saturated heterocycles. The average molecular weight is 530 g/mol. The lowest BCUT2D eigenvalue weighted by molar-refractivity contribution is 0.258. The fourth-order valence-corrected chi connectivity index (χ4v) is 5.60. The molecule has 198 valence electrons. The maximum Gasteiger partial charge on any atom is 0.223 e. The molecule has 3 N–H and O–H groups in total. The molecule has 0 spiro atoms. The highest BCUT2D eigenvalue weighted by Gasteiger charge is 2.28. The lowest BCUT2D eigenvalue weighted by Crippen LogP contribution is -2.45. The molecule has 11 heteroatoms. The van der Waals surface area contributed by atoms with Crippen molar-refractivity contribution in [2.75, 3.05) is 38.3 Å². The van der Waals surface area contributed by atoms with Crippen LogP contribution in [0, 0.1) is 5.82 Å². The van der Waals surface area contributed by atoms with Gasteiger partial charge in [0.05, 0.1) is 19.6 Å². The first-order chi connectivity index (χ1) is 17.7. The van der Waals surface area contributed by atoms with Crippen molar-refractivity contribution in [2.45, 2.75) is 31.8 Å². The minimum absolute atomic E-state index is 0.0694. The zero-order valence-corrected chi connectivity index (χ0v) is 21.8. The van der Waals surface area contributed by atoms with Gasteiger partial charge in [0.25, 0.3) is 0 Å². The molecule has 2 aromatic carbocycles. The van der Waals surface area contributed by atoms with Crippen molar-refractivity contribution in [3.8, 4) is 22.8 Å². The number of hydrogen-bond acceptors (Lipinski definition) is 8. The van der Waals surface area contributed by atoms with Gasteiger partial charge < -0.3 is 20.5 Å². The smallest absolute Gasteiger partial charge is 0.223 e. The Morgan fingerprint density at radius 3 is 2.70 bits per heavy atom. The minimum atomic E-state index is -3.42. The highest BCUT2D eigenvalue weighted by atomic mass is 32.2. The number of aromatic hydroxyl groups is 1. The van der Waals surface area contributed by atoms with Crippen molar-refractivity contribution in [1.29, 1.82) is 0 Å². The zero-order chi connectivity index (χ0) is 26.4. The first kappa shape index (κ1) is 26.8. The van der Waals surface area contributed by atoms with Crippen molar-refractivity contribution >= 4 is 16.0 Å². The average Bonchev–Trinajstić information content (AvgIpc) is 2.89. The van der Waals surface area contributed by atoms with E-state index in [-0.39, 0.29) is 30.0 Å². The van der Waals surface area contributed by atoms with E-state index >= 15 is 0 Å². The van der Waals surface area contributed by atoms with Crippen LogP contribution in [0.3, 0.4) is 0 Å². The van der Waals surface area contributed by atoms with E-state index in [9.17, 15) is 17.9 Å². The van der Waals surface area contributed by atoms with Gasteiger partial charge in [-0.05, 0) is 61.7 Å². The Balaban J connectivity index is 1.48. The van der Waals surface area contributed by atoms with Gasteiger partial charge in [-0.2, -0.15) is 4.31 Å². The largest absolute Gasteiger partial charge is 0.504 e. The second-order valence-electron chi connectivity index (χ2n) is 9.06. The van der Waals surface area contributed by atoms with E-state index in [1.807, 2.05) is 6.07 Å². The molecule has 0 amide bonds. The van der Waals surface area contributed by atoms with Crippen molar-refractivity contribution in [2.24, 2.45) is 0 Å². The van der Waals surface area contributed by atoms with E-state index < -0.39 is 15.8 Å². The lowest BCUT2D eigenvalue weighted by atomic mass is 10.0. The number of ether oxygens (including phenoxy) is 1. The van der Waals surface area contributed by atoms with Gasteiger partial charge in [0, 0.05) is 24.7 Å². The molecule has 0 bridgehead atoms. The monoisotopic (exact) mass is 529 g/mol. The van der Waals surface area contributed by atoms with E-state index in [2.05, 4.69) is 20.6 Å². The van der Waals surface area contributed by atoms with E-state index in [1.165, 1.54) is 17.7 Å². The van der Waals surface area contributed by atoms with Crippen LogP contribution in [0.15, 0.2) is 48.7 Å². The molecule has 0 saturated carbocycles. The van der Waals surface area contributed by atoms with Gasteiger partial charge >= 0.3 is 0 Å². The van der Waals surface area contributed by atoms with Crippen LogP contribution in [0.25, 0.3) is 11.3 Å². The summed E-state index contributed by atoms with van der Waals surface area (Å²) in [5.41, 5.74) is 2.39. The maximum atomic E-state index is 14.7. The van der Waals surface area contributed by atoms with Gasteiger partial charge in [0.2, 0.25) is 16.0 Å². The predicted molar refractivity (Wildman–Crippen MR) is 141 cm³/mol. The van der Waals surface area contributed by atoms with Crippen LogP contribution in [0.5, 0.6) is 11.5 Å². The highest BCUT2D eigenvalue weighted by molar-refractivity contribution is 7.88. The van der Waals surface area contributed by atoms with Crippen molar-refractivity contribution < 1.29 is 22.7 Å². The number of anilines is 1. The molecular weight excluding hydrogens is 497 g/mol. The summed E-state index contributed by atoms with van der Waals surface area (Å²) >= 11 is 0. The standard InChI is InChI=1S/C26H32FN5O4S/c1-36-24-15-18(6-7-23(24)33)8-13-29-26-30-16-22(27)25(31-26)20-5-3-4-19(14-20)17-32(37(2,34)35)21-9-11-28-12-10-21/h3-7,14-16,21,28,33H,8-13,17H2,1-2H3,(H,29,30,31). The van der Waals surface area contributed by atoms with E-state index in [0.29, 0.717) is 24.3 Å². The summed E-state index contributed by atoms with van der Waals surface area (Å²) in [4.78, 5) is 8.43. The number of piperidine rings is 1. The molecule has 1 aromatic heterocycles. The number of phenols is 1. The van der Waals surface area contributed by atoms with Crippen LogP contribution in [0.4, 0.5) is 10.3 Å². The number of phenolic OH excluding ortho intramolecular Hbond substituents is 1. The number of nitrogens with one attached hydrogen (secondary N) is 2. The molecule has 1 aliphatic heterocycles. The van der Waals surface area contributed by atoms with Crippen LogP contribution in [0.2, 0.25) is 0 Å². The van der Waals surface area contributed by atoms with Crippen molar-refractivity contribution in [3.05, 3.63) is 65.6 Å². The number of rotatable bonds is 10. The van der Waals surface area contributed by atoms with Crippen LogP contribution in [0.1, 0.15) is 24.0 Å². The predicted octanol–water partition coefficient (Wildman–Crippen LogP) is 3.17. The SMILES string of the molecule is COc1cc(CCNc2ncc(F)c(-c3cccc(CN(C4CCNCC4)S(C)(=O)=O)c3)n2)ccc1O. The number of aromatic nitrogens is 2. The van der Waals surface area contributed by atoms with Gasteiger partial charge in [0.15, 0.2) is 17.3 Å². The number of benzene rings is 2. The third-order valence-electron chi connectivity index (χ3n) is 6.37. The molecular formula is C26H32FN5O4S. The van der Waals surface area contributed by atoms with Gasteiger partial charge in [0.1, 0.15) is 5.69 Å². The molecule has 1 fully saturated rings. The van der Waals surface area contributed by atoms with Crippen LogP contribution >= 0.6 is 0 Å². The molecule has 2 heterocycles. The minimum Gasteiger partial charge on any atom is -0.504 e. The molecule has 0 radical (unpaired) electrons. The molecule has 4 rings (SSSR count). The molecule has 37 heavy (non-hydrogen) atoms. The van der Waals surface area contributed by atoms with Gasteiger partial charge in [-0.15, -0.1) is 0 Å². The molecule has 0 aliphatic carbocycles. The number of nitrogens with zero attached hydrogens (tertiary/aromatic N) is 3. The Bertz CT molecular complexity index is 1330. The van der Waals surface area contributed by atoms with Gasteiger partial charge in [-0.3, -0.25) is 0 Å². The van der Waals surface area contributed by atoms with Gasteiger partial charge in [-0.25, -0.2) is 22.8 Å². The quantitative estimate of drug-likeness (QED) is 0.367. The first-order valence-electron chi connectivity index (χ1n) is 12.1. The molecule has 9 nitrogen and oxygen atoms in total. The molecule has 0 unspecified atom stereocenters. The Morgan fingerprint density at radius 1 is 1.19 bits per heavy atom. The van der Waals surface area contributed by atoms with Crippen LogP contribution in [-0.4, -0.2) is 66.8 Å². The molecule has 1 aliphatic rings. The summed E-state index contributed by atoms with van der Waals surface area (Å²) in [6.45, 7) is 2.25. The van der Waals surface area contributed by atoms with Crippen molar-refractivity contribution in [1.82, 2.24) is 19.6 Å². The summed E-state index contributed by atoms with van der Waals surface area (Å²) < 4.78 is 46.5. The second-order valence-corrected chi connectivity index (χ2v) is 11.0. The Hall–Kier alpha value is -3.28. The highest BCUT2D eigenvalue weighted by Crippen LogP contribution is 2.27. The normalized spacial score (nSPS) is 14.6. The van der Waals surface area contributed by atoms with Gasteiger partial charge in [-0.1, -0.05) is 24.3 Å². The summed E-state index contributed by atoms with van der Waals surface area (Å²) in [6.07, 6.45) is 4.46. The maximum absolute atomic E-state index is 14.7. The summed E-state index contributed by atoms with van der Waals surface area (Å²) in [5.74, 6) is 0.181. The Morgan fingerprint density at radius 2 is 1.97 bits per heavy atom. The van der Waals surface area contributed by atoms with E-state index in [1.54, 1.807) is 36.4 Å². The summed E-state index contributed by atoms with van der Waals surface area (Å²) in [5, 5.41) is 16.1. The fourth-order valence-electron chi connectivity index (χ4n) is 4.46. The number of hydrogen-bond donors (Lipinski definition) is 3. The summed E-state index contributed by atoms with van der Waals surface area (Å²) in [7, 11) is -1.93. The topological polar surface area (TPSA) is 117 Å². The first-order valence-corrected chi connectivity index (χ1v) is 14.0. The number of halogens is 1. The van der Waals surface area contributed by atoms with E-state index in [0.717, 1.165) is 43.3 Å². The lowest BCUT2D eigenvalue weighted by Gasteiger charge is -2.32. The third-order valence-corrected chi connectivity index (χ3v) is 7.64. The number of methoxy groups -OCH3 is 1. The third kappa shape index (κ3) is 6.94. The number of sulfonamides is 1. The Kier molecular flexibility index (Phi) is 8.57. The summed E-state index contributed by atoms with van der Waals surface area (Å²) in [6, 6.07) is 12.2. The molecule has 0 atom stereocenters.